The Hall–Kier alpha value is -2.69. The lowest BCUT2D eigenvalue weighted by molar-refractivity contribution is -0.137. The molecule has 0 bridgehead atoms. The summed E-state index contributed by atoms with van der Waals surface area (Å²) in [4.78, 5) is 37.2. The molecule has 7 nitrogen and oxygen atoms in total. The number of nitrogens with zero attached hydrogens (tertiary/aromatic N) is 1. The smallest absolute Gasteiger partial charge is 0.305 e. The van der Waals surface area contributed by atoms with Gasteiger partial charge in [0, 0.05) is 16.7 Å². The van der Waals surface area contributed by atoms with Crippen LogP contribution in [0.4, 0.5) is 5.69 Å². The monoisotopic (exact) mass is 534 g/mol. The zero-order valence-corrected chi connectivity index (χ0v) is 20.2. The number of halogens is 1. The van der Waals surface area contributed by atoms with Crippen LogP contribution in [0.3, 0.4) is 0 Å². The summed E-state index contributed by atoms with van der Waals surface area (Å²) < 4.78 is 6.86. The SMILES string of the molecule is Cc1cc(Br)ccc1NC(=O)COc1cccc(/C=C2\SC(=S)N(CCC(=O)O)C2=O)c1. The van der Waals surface area contributed by atoms with Crippen molar-refractivity contribution >= 4 is 73.8 Å². The topological polar surface area (TPSA) is 95.9 Å². The van der Waals surface area contributed by atoms with E-state index in [-0.39, 0.29) is 31.4 Å². The molecule has 2 aromatic carbocycles. The highest BCUT2D eigenvalue weighted by molar-refractivity contribution is 9.10. The van der Waals surface area contributed by atoms with Crippen LogP contribution >= 0.6 is 39.9 Å². The molecule has 0 atom stereocenters. The van der Waals surface area contributed by atoms with Crippen molar-refractivity contribution in [1.82, 2.24) is 4.90 Å². The fourth-order valence-electron chi connectivity index (χ4n) is 2.85. The van der Waals surface area contributed by atoms with Gasteiger partial charge in [0.15, 0.2) is 6.61 Å². The quantitative estimate of drug-likeness (QED) is 0.381. The predicted molar refractivity (Wildman–Crippen MR) is 132 cm³/mol. The number of benzene rings is 2. The third kappa shape index (κ3) is 6.41. The molecule has 0 unspecified atom stereocenters. The second kappa shape index (κ2) is 10.8. The number of anilines is 1. The van der Waals surface area contributed by atoms with Crippen LogP contribution in [0.15, 0.2) is 51.8 Å². The van der Waals surface area contributed by atoms with Gasteiger partial charge in [-0.2, -0.15) is 0 Å². The van der Waals surface area contributed by atoms with Crippen molar-refractivity contribution in [3.63, 3.8) is 0 Å². The Kier molecular flexibility index (Phi) is 8.05. The molecule has 1 aliphatic heterocycles. The number of nitrogens with one attached hydrogen (secondary N) is 1. The Morgan fingerprint density at radius 1 is 1.28 bits per heavy atom. The van der Waals surface area contributed by atoms with E-state index in [1.807, 2.05) is 25.1 Å². The Morgan fingerprint density at radius 3 is 2.78 bits per heavy atom. The number of thioether (sulfide) groups is 1. The third-order valence-electron chi connectivity index (χ3n) is 4.41. The Balaban J connectivity index is 1.61. The Labute approximate surface area is 202 Å². The van der Waals surface area contributed by atoms with Crippen molar-refractivity contribution in [2.45, 2.75) is 13.3 Å². The van der Waals surface area contributed by atoms with Gasteiger partial charge in [-0.25, -0.2) is 0 Å². The average Bonchev–Trinajstić information content (AvgIpc) is 3.00. The normalized spacial score (nSPS) is 14.7. The summed E-state index contributed by atoms with van der Waals surface area (Å²) in [5.74, 6) is -1.13. The van der Waals surface area contributed by atoms with Crippen molar-refractivity contribution in [3.8, 4) is 5.75 Å². The van der Waals surface area contributed by atoms with Gasteiger partial charge in [0.1, 0.15) is 10.1 Å². The Morgan fingerprint density at radius 2 is 2.06 bits per heavy atom. The molecule has 166 valence electrons. The highest BCUT2D eigenvalue weighted by Crippen LogP contribution is 2.33. The van der Waals surface area contributed by atoms with Crippen LogP contribution in [0, 0.1) is 6.92 Å². The van der Waals surface area contributed by atoms with Gasteiger partial charge in [-0.3, -0.25) is 19.3 Å². The number of carboxylic acid groups (broad SMARTS) is 1. The van der Waals surface area contributed by atoms with Crippen molar-refractivity contribution in [1.29, 1.82) is 0 Å². The molecule has 10 heteroatoms. The molecule has 3 rings (SSSR count). The largest absolute Gasteiger partial charge is 0.484 e. The number of aliphatic carboxylic acids is 1. The molecule has 1 aliphatic rings. The zero-order chi connectivity index (χ0) is 23.3. The van der Waals surface area contributed by atoms with E-state index in [0.29, 0.717) is 26.2 Å². The first-order valence-corrected chi connectivity index (χ1v) is 11.5. The number of ether oxygens (including phenoxy) is 1. The van der Waals surface area contributed by atoms with Crippen LogP contribution in [-0.2, 0) is 14.4 Å². The van der Waals surface area contributed by atoms with Crippen molar-refractivity contribution < 1.29 is 24.2 Å². The summed E-state index contributed by atoms with van der Waals surface area (Å²) >= 11 is 9.70. The fourth-order valence-corrected chi connectivity index (χ4v) is 4.63. The van der Waals surface area contributed by atoms with Gasteiger partial charge in [0.05, 0.1) is 11.3 Å². The summed E-state index contributed by atoms with van der Waals surface area (Å²) in [6.45, 7) is 1.76. The highest BCUT2D eigenvalue weighted by atomic mass is 79.9. The first-order valence-electron chi connectivity index (χ1n) is 9.49. The first kappa shape index (κ1) is 24.0. The zero-order valence-electron chi connectivity index (χ0n) is 17.0. The van der Waals surface area contributed by atoms with Crippen molar-refractivity contribution in [3.05, 3.63) is 63.0 Å². The maximum Gasteiger partial charge on any atom is 0.305 e. The van der Waals surface area contributed by atoms with E-state index < -0.39 is 5.97 Å². The molecule has 0 spiro atoms. The number of amides is 2. The van der Waals surface area contributed by atoms with E-state index in [9.17, 15) is 14.4 Å². The molecular formula is C22H19BrN2O5S2. The van der Waals surface area contributed by atoms with E-state index >= 15 is 0 Å². The number of hydrogen-bond acceptors (Lipinski definition) is 6. The molecule has 1 fully saturated rings. The molecule has 1 saturated heterocycles. The molecular weight excluding hydrogens is 516 g/mol. The number of carbonyl (C=O) groups excluding carboxylic acids is 2. The molecule has 0 aromatic heterocycles. The highest BCUT2D eigenvalue weighted by Gasteiger charge is 2.32. The maximum absolute atomic E-state index is 12.5. The van der Waals surface area contributed by atoms with Gasteiger partial charge in [-0.1, -0.05) is 52.0 Å². The van der Waals surface area contributed by atoms with Gasteiger partial charge in [0.2, 0.25) is 0 Å². The van der Waals surface area contributed by atoms with Gasteiger partial charge in [-0.05, 0) is 54.5 Å². The number of thiocarbonyl (C=S) groups is 1. The van der Waals surface area contributed by atoms with Crippen LogP contribution < -0.4 is 10.1 Å². The van der Waals surface area contributed by atoms with E-state index in [1.54, 1.807) is 30.3 Å². The summed E-state index contributed by atoms with van der Waals surface area (Å²) in [6.07, 6.45) is 1.49. The van der Waals surface area contributed by atoms with Crippen LogP contribution in [-0.4, -0.2) is 45.3 Å². The van der Waals surface area contributed by atoms with Gasteiger partial charge < -0.3 is 15.2 Å². The lowest BCUT2D eigenvalue weighted by Crippen LogP contribution is -2.30. The molecule has 0 saturated carbocycles. The summed E-state index contributed by atoms with van der Waals surface area (Å²) in [5, 5.41) is 11.6. The molecule has 0 aliphatic carbocycles. The minimum Gasteiger partial charge on any atom is -0.484 e. The minimum atomic E-state index is -0.993. The van der Waals surface area contributed by atoms with Gasteiger partial charge in [-0.15, -0.1) is 0 Å². The number of aryl methyl sites for hydroxylation is 1. The van der Waals surface area contributed by atoms with E-state index in [1.165, 1.54) is 4.90 Å². The van der Waals surface area contributed by atoms with Gasteiger partial charge in [0.25, 0.3) is 11.8 Å². The van der Waals surface area contributed by atoms with E-state index in [0.717, 1.165) is 21.8 Å². The summed E-state index contributed by atoms with van der Waals surface area (Å²) in [7, 11) is 0. The molecule has 0 radical (unpaired) electrons. The molecule has 2 N–H and O–H groups in total. The second-order valence-electron chi connectivity index (χ2n) is 6.85. The molecule has 2 aromatic rings. The van der Waals surface area contributed by atoms with E-state index in [2.05, 4.69) is 21.2 Å². The lowest BCUT2D eigenvalue weighted by atomic mass is 10.2. The lowest BCUT2D eigenvalue weighted by Gasteiger charge is -2.12. The molecule has 32 heavy (non-hydrogen) atoms. The average molecular weight is 535 g/mol. The molecule has 2 amide bonds. The minimum absolute atomic E-state index is 0.0352. The standard InChI is InChI=1S/C22H19BrN2O5S2/c1-13-9-15(23)5-6-17(13)24-19(26)12-30-16-4-2-3-14(10-16)11-18-21(29)25(22(31)32-18)8-7-20(27)28/h2-6,9-11H,7-8,12H2,1H3,(H,24,26)(H,27,28)/b18-11-. The fraction of sp³-hybridized carbons (Fsp3) is 0.182. The second-order valence-corrected chi connectivity index (χ2v) is 9.44. The van der Waals surface area contributed by atoms with Crippen LogP contribution in [0.2, 0.25) is 0 Å². The number of carboxylic acids is 1. The van der Waals surface area contributed by atoms with Gasteiger partial charge >= 0.3 is 5.97 Å². The van der Waals surface area contributed by atoms with Crippen LogP contribution in [0.25, 0.3) is 6.08 Å². The van der Waals surface area contributed by atoms with Crippen LogP contribution in [0.1, 0.15) is 17.5 Å². The maximum atomic E-state index is 12.5. The van der Waals surface area contributed by atoms with Crippen molar-refractivity contribution in [2.24, 2.45) is 0 Å². The number of hydrogen-bond donors (Lipinski definition) is 2. The van der Waals surface area contributed by atoms with Crippen LogP contribution in [0.5, 0.6) is 5.75 Å². The third-order valence-corrected chi connectivity index (χ3v) is 6.28. The first-order chi connectivity index (χ1) is 15.2. The summed E-state index contributed by atoms with van der Waals surface area (Å²) in [6, 6.07) is 12.5. The number of carbonyl (C=O) groups is 3. The Bertz CT molecular complexity index is 1120. The number of rotatable bonds is 8. The summed E-state index contributed by atoms with van der Waals surface area (Å²) in [5.41, 5.74) is 2.33. The predicted octanol–water partition coefficient (Wildman–Crippen LogP) is 4.45. The van der Waals surface area contributed by atoms with Crippen molar-refractivity contribution in [2.75, 3.05) is 18.5 Å². The molecule has 1 heterocycles. The van der Waals surface area contributed by atoms with E-state index in [4.69, 9.17) is 22.1 Å².